The Morgan fingerprint density at radius 3 is 2.49 bits per heavy atom. The van der Waals surface area contributed by atoms with E-state index >= 15 is 0 Å². The largest absolute Gasteiger partial charge is 0.369 e. The number of hydrogen-bond donors (Lipinski definition) is 3. The van der Waals surface area contributed by atoms with Gasteiger partial charge in [0.1, 0.15) is 5.49 Å². The summed E-state index contributed by atoms with van der Waals surface area (Å²) < 4.78 is 1.11. The maximum absolute atomic E-state index is 12.9. The number of likely N-dealkylation sites (N-methyl/N-ethyl adjacent to an activating group) is 1. The predicted octanol–water partition coefficient (Wildman–Crippen LogP) is 3.70. The van der Waals surface area contributed by atoms with E-state index in [0.717, 1.165) is 42.0 Å². The Labute approximate surface area is 211 Å². The van der Waals surface area contributed by atoms with E-state index in [4.69, 9.17) is 28.6 Å². The highest BCUT2D eigenvalue weighted by atomic mass is 35.5. The van der Waals surface area contributed by atoms with E-state index in [1.54, 1.807) is 18.2 Å². The number of H-pyrrole nitrogens is 1. The lowest BCUT2D eigenvalue weighted by molar-refractivity contribution is 0.312. The standard InChI is InChI=1S/C24H24Cl2N8O/c1-14-12-15(6-7-19(14)33-10-8-32(2)9-11-33)29-23-28-13-16-21(27)34(24(35)31-22(16)30-23)20-17(25)4-3-5-18(20)26/h3-7,12-13,27H,8-11H2,1-2H3,(H2,28,29,30,31,35). The number of nitrogens with zero attached hydrogens (tertiary/aromatic N) is 5. The highest BCUT2D eigenvalue weighted by Gasteiger charge is 2.17. The quantitative estimate of drug-likeness (QED) is 0.386. The number of piperazine rings is 1. The third-order valence-electron chi connectivity index (χ3n) is 6.15. The van der Waals surface area contributed by atoms with Gasteiger partial charge in [-0.2, -0.15) is 4.98 Å². The van der Waals surface area contributed by atoms with E-state index in [2.05, 4.69) is 56.2 Å². The van der Waals surface area contributed by atoms with Gasteiger partial charge in [0, 0.05) is 43.8 Å². The summed E-state index contributed by atoms with van der Waals surface area (Å²) in [6.07, 6.45) is 1.50. The van der Waals surface area contributed by atoms with Crippen molar-refractivity contribution >= 4 is 51.6 Å². The van der Waals surface area contributed by atoms with Crippen LogP contribution in [0.25, 0.3) is 16.7 Å². The van der Waals surface area contributed by atoms with Gasteiger partial charge in [-0.05, 0) is 49.9 Å². The molecule has 0 spiro atoms. The second kappa shape index (κ2) is 9.33. The van der Waals surface area contributed by atoms with Gasteiger partial charge in [0.2, 0.25) is 5.95 Å². The molecule has 1 saturated heterocycles. The van der Waals surface area contributed by atoms with Crippen LogP contribution in [0.5, 0.6) is 0 Å². The van der Waals surface area contributed by atoms with Crippen molar-refractivity contribution in [2.45, 2.75) is 6.92 Å². The summed E-state index contributed by atoms with van der Waals surface area (Å²) in [5, 5.41) is 12.7. The maximum Gasteiger partial charge on any atom is 0.333 e. The van der Waals surface area contributed by atoms with Crippen molar-refractivity contribution in [2.75, 3.05) is 43.4 Å². The fraction of sp³-hybridized carbons (Fsp3) is 0.250. The van der Waals surface area contributed by atoms with Gasteiger partial charge in [-0.3, -0.25) is 10.4 Å². The topological polar surface area (TPSA) is 106 Å². The van der Waals surface area contributed by atoms with Gasteiger partial charge in [-0.25, -0.2) is 14.3 Å². The highest BCUT2D eigenvalue weighted by Crippen LogP contribution is 2.27. The molecule has 0 atom stereocenters. The van der Waals surface area contributed by atoms with E-state index < -0.39 is 5.69 Å². The van der Waals surface area contributed by atoms with Crippen LogP contribution in [0.4, 0.5) is 17.3 Å². The molecule has 180 valence electrons. The number of halogens is 2. The van der Waals surface area contributed by atoms with Crippen LogP contribution in [0.15, 0.2) is 47.4 Å². The van der Waals surface area contributed by atoms with E-state index in [-0.39, 0.29) is 26.9 Å². The van der Waals surface area contributed by atoms with E-state index in [1.807, 2.05) is 6.07 Å². The molecule has 0 saturated carbocycles. The summed E-state index contributed by atoms with van der Waals surface area (Å²) in [4.78, 5) is 29.1. The zero-order valence-electron chi connectivity index (χ0n) is 19.3. The highest BCUT2D eigenvalue weighted by molar-refractivity contribution is 6.37. The Bertz CT molecular complexity index is 1520. The van der Waals surface area contributed by atoms with Gasteiger partial charge < -0.3 is 15.1 Å². The average Bonchev–Trinajstić information content (AvgIpc) is 2.81. The Kier molecular flexibility index (Phi) is 6.22. The molecule has 9 nitrogen and oxygen atoms in total. The molecule has 0 bridgehead atoms. The Hall–Kier alpha value is -3.40. The summed E-state index contributed by atoms with van der Waals surface area (Å²) in [7, 11) is 2.14. The number of aryl methyl sites for hydroxylation is 1. The number of aromatic amines is 1. The minimum absolute atomic E-state index is 0.113. The van der Waals surface area contributed by atoms with Crippen molar-refractivity contribution < 1.29 is 0 Å². The first kappa shape index (κ1) is 23.3. The number of aromatic nitrogens is 4. The first-order chi connectivity index (χ1) is 16.8. The molecule has 2 aromatic carbocycles. The van der Waals surface area contributed by atoms with Gasteiger partial charge in [-0.15, -0.1) is 0 Å². The Balaban J connectivity index is 1.45. The monoisotopic (exact) mass is 510 g/mol. The number of nitrogens with one attached hydrogen (secondary N) is 3. The molecule has 2 aromatic heterocycles. The van der Waals surface area contributed by atoms with Crippen LogP contribution < -0.4 is 21.4 Å². The van der Waals surface area contributed by atoms with Crippen LogP contribution in [-0.2, 0) is 0 Å². The summed E-state index contributed by atoms with van der Waals surface area (Å²) in [5.41, 5.74) is 2.99. The summed E-state index contributed by atoms with van der Waals surface area (Å²) >= 11 is 12.5. The average molecular weight is 511 g/mol. The van der Waals surface area contributed by atoms with Gasteiger partial charge in [-0.1, -0.05) is 29.3 Å². The molecule has 1 aliphatic heterocycles. The molecule has 0 amide bonds. The number of benzene rings is 2. The molecular formula is C24H24Cl2N8O. The van der Waals surface area contributed by atoms with Crippen LogP contribution in [0, 0.1) is 12.3 Å². The molecule has 1 aliphatic rings. The van der Waals surface area contributed by atoms with Crippen LogP contribution in [0.1, 0.15) is 5.56 Å². The fourth-order valence-corrected chi connectivity index (χ4v) is 4.84. The number of rotatable bonds is 4. The fourth-order valence-electron chi connectivity index (χ4n) is 4.27. The summed E-state index contributed by atoms with van der Waals surface area (Å²) in [6.45, 7) is 6.18. The van der Waals surface area contributed by atoms with Crippen molar-refractivity contribution in [1.29, 1.82) is 5.41 Å². The molecule has 0 unspecified atom stereocenters. The minimum atomic E-state index is -0.575. The van der Waals surface area contributed by atoms with Crippen molar-refractivity contribution in [3.8, 4) is 5.69 Å². The van der Waals surface area contributed by atoms with Crippen LogP contribution >= 0.6 is 23.2 Å². The SMILES string of the molecule is Cc1cc(Nc2ncc3c(=N)n(-c4c(Cl)cccc4Cl)c(=O)[nH]c3n2)ccc1N1CCN(C)CC1. The molecule has 0 aliphatic carbocycles. The Morgan fingerprint density at radius 1 is 1.09 bits per heavy atom. The second-order valence-electron chi connectivity index (χ2n) is 8.56. The van der Waals surface area contributed by atoms with Gasteiger partial charge in [0.25, 0.3) is 0 Å². The lowest BCUT2D eigenvalue weighted by Crippen LogP contribution is -2.44. The van der Waals surface area contributed by atoms with Crippen molar-refractivity contribution in [3.63, 3.8) is 0 Å². The molecule has 3 N–H and O–H groups in total. The van der Waals surface area contributed by atoms with Gasteiger partial charge in [0.05, 0.1) is 21.1 Å². The smallest absolute Gasteiger partial charge is 0.333 e. The van der Waals surface area contributed by atoms with E-state index in [9.17, 15) is 4.79 Å². The molecule has 35 heavy (non-hydrogen) atoms. The lowest BCUT2D eigenvalue weighted by Gasteiger charge is -2.35. The summed E-state index contributed by atoms with van der Waals surface area (Å²) in [5.74, 6) is 0.313. The third kappa shape index (κ3) is 4.50. The van der Waals surface area contributed by atoms with Crippen molar-refractivity contribution in [3.05, 3.63) is 74.2 Å². The first-order valence-corrected chi connectivity index (χ1v) is 11.9. The zero-order chi connectivity index (χ0) is 24.7. The number of para-hydroxylation sites is 1. The van der Waals surface area contributed by atoms with Crippen molar-refractivity contribution in [2.24, 2.45) is 0 Å². The Morgan fingerprint density at radius 2 is 1.80 bits per heavy atom. The maximum atomic E-state index is 12.9. The molecule has 1 fully saturated rings. The minimum Gasteiger partial charge on any atom is -0.369 e. The van der Waals surface area contributed by atoms with E-state index in [1.165, 1.54) is 11.9 Å². The second-order valence-corrected chi connectivity index (χ2v) is 9.37. The molecule has 4 aromatic rings. The lowest BCUT2D eigenvalue weighted by atomic mass is 10.1. The number of hydrogen-bond acceptors (Lipinski definition) is 7. The molecule has 11 heteroatoms. The molecular weight excluding hydrogens is 487 g/mol. The van der Waals surface area contributed by atoms with Crippen LogP contribution in [0.3, 0.4) is 0 Å². The van der Waals surface area contributed by atoms with Crippen molar-refractivity contribution in [1.82, 2.24) is 24.4 Å². The number of anilines is 3. The first-order valence-electron chi connectivity index (χ1n) is 11.1. The summed E-state index contributed by atoms with van der Waals surface area (Å²) in [6, 6.07) is 11.0. The molecule has 0 radical (unpaired) electrons. The molecule has 3 heterocycles. The van der Waals surface area contributed by atoms with Crippen LogP contribution in [-0.4, -0.2) is 57.6 Å². The third-order valence-corrected chi connectivity index (χ3v) is 6.76. The van der Waals surface area contributed by atoms with Gasteiger partial charge in [0.15, 0.2) is 5.65 Å². The number of fused-ring (bicyclic) bond motifs is 1. The van der Waals surface area contributed by atoms with E-state index in [0.29, 0.717) is 11.3 Å². The zero-order valence-corrected chi connectivity index (χ0v) is 20.8. The normalized spacial score (nSPS) is 14.5. The van der Waals surface area contributed by atoms with Gasteiger partial charge >= 0.3 is 5.69 Å². The van der Waals surface area contributed by atoms with Crippen LogP contribution in [0.2, 0.25) is 10.0 Å². The predicted molar refractivity (Wildman–Crippen MR) is 140 cm³/mol. The molecule has 5 rings (SSSR count).